The van der Waals surface area contributed by atoms with E-state index in [1.165, 1.54) is 0 Å². The first-order valence-corrected chi connectivity index (χ1v) is 9.73. The molecule has 3 aromatic rings. The third kappa shape index (κ3) is 4.51. The van der Waals surface area contributed by atoms with E-state index in [2.05, 4.69) is 25.4 Å². The Morgan fingerprint density at radius 2 is 1.52 bits per heavy atom. The highest BCUT2D eigenvalue weighted by molar-refractivity contribution is 5.94. The monoisotopic (exact) mass is 388 g/mol. The summed E-state index contributed by atoms with van der Waals surface area (Å²) < 4.78 is 0. The predicted octanol–water partition coefficient (Wildman–Crippen LogP) is 3.19. The fourth-order valence-corrected chi connectivity index (χ4v) is 3.25. The summed E-state index contributed by atoms with van der Waals surface area (Å²) in [4.78, 5) is 21.0. The predicted molar refractivity (Wildman–Crippen MR) is 114 cm³/mol. The summed E-state index contributed by atoms with van der Waals surface area (Å²) in [6.07, 6.45) is 1.81. The summed E-state index contributed by atoms with van der Waals surface area (Å²) >= 11 is 0. The maximum atomic E-state index is 12.7. The zero-order chi connectivity index (χ0) is 20.2. The molecule has 0 atom stereocenters. The van der Waals surface area contributed by atoms with Gasteiger partial charge in [0.05, 0.1) is 0 Å². The van der Waals surface area contributed by atoms with Crippen LogP contribution in [-0.2, 0) is 0 Å². The second-order valence-corrected chi connectivity index (χ2v) is 7.27. The van der Waals surface area contributed by atoms with Gasteiger partial charge in [-0.2, -0.15) is 0 Å². The number of nitrogens with zero attached hydrogens (tertiary/aromatic N) is 5. The average molecular weight is 388 g/mol. The molecular weight excluding hydrogens is 364 g/mol. The minimum Gasteiger partial charge on any atom is -0.352 e. The van der Waals surface area contributed by atoms with Gasteiger partial charge >= 0.3 is 0 Å². The summed E-state index contributed by atoms with van der Waals surface area (Å²) in [7, 11) is 0. The van der Waals surface area contributed by atoms with Crippen LogP contribution in [0.4, 0.5) is 17.5 Å². The number of hydrogen-bond acceptors (Lipinski definition) is 6. The van der Waals surface area contributed by atoms with Crippen molar-refractivity contribution in [3.63, 3.8) is 0 Å². The summed E-state index contributed by atoms with van der Waals surface area (Å²) in [6, 6.07) is 15.5. The standard InChI is InChI=1S/C22H24N6O/c1-16-3-6-18(7-4-16)22(29)28-13-11-27(12-14-28)21-10-9-20(25-26-21)24-19-8-5-17(2)15-23-19/h3-10,15H,11-14H2,1-2H3,(H,23,24,25). The van der Waals surface area contributed by atoms with Gasteiger partial charge in [-0.15, -0.1) is 10.2 Å². The molecule has 0 unspecified atom stereocenters. The van der Waals surface area contributed by atoms with Crippen LogP contribution in [0, 0.1) is 13.8 Å². The summed E-state index contributed by atoms with van der Waals surface area (Å²) in [6.45, 7) is 6.83. The van der Waals surface area contributed by atoms with E-state index >= 15 is 0 Å². The third-order valence-corrected chi connectivity index (χ3v) is 5.01. The Morgan fingerprint density at radius 3 is 2.14 bits per heavy atom. The second kappa shape index (κ2) is 8.26. The lowest BCUT2D eigenvalue weighted by Crippen LogP contribution is -2.49. The van der Waals surface area contributed by atoms with Crippen LogP contribution in [0.25, 0.3) is 0 Å². The van der Waals surface area contributed by atoms with E-state index in [1.54, 1.807) is 0 Å². The number of nitrogens with one attached hydrogen (secondary N) is 1. The lowest BCUT2D eigenvalue weighted by Gasteiger charge is -2.35. The molecule has 7 nitrogen and oxygen atoms in total. The number of benzene rings is 1. The van der Waals surface area contributed by atoms with Gasteiger partial charge in [0.1, 0.15) is 5.82 Å². The maximum Gasteiger partial charge on any atom is 0.253 e. The van der Waals surface area contributed by atoms with Crippen LogP contribution in [0.5, 0.6) is 0 Å². The fourth-order valence-electron chi connectivity index (χ4n) is 3.25. The van der Waals surface area contributed by atoms with Gasteiger partial charge in [-0.05, 0) is 49.7 Å². The minimum atomic E-state index is 0.0841. The molecule has 1 amide bonds. The fraction of sp³-hybridized carbons (Fsp3) is 0.273. The number of aromatic nitrogens is 3. The molecule has 0 radical (unpaired) electrons. The minimum absolute atomic E-state index is 0.0841. The van der Waals surface area contributed by atoms with Crippen molar-refractivity contribution in [1.82, 2.24) is 20.1 Å². The topological polar surface area (TPSA) is 74.2 Å². The molecular formula is C22H24N6O. The van der Waals surface area contributed by atoms with Crippen molar-refractivity contribution in [1.29, 1.82) is 0 Å². The zero-order valence-corrected chi connectivity index (χ0v) is 16.7. The number of piperazine rings is 1. The van der Waals surface area contributed by atoms with E-state index in [0.29, 0.717) is 18.9 Å². The van der Waals surface area contributed by atoms with Gasteiger partial charge in [-0.1, -0.05) is 23.8 Å². The van der Waals surface area contributed by atoms with Crippen LogP contribution in [-0.4, -0.2) is 52.2 Å². The van der Waals surface area contributed by atoms with E-state index in [-0.39, 0.29) is 5.91 Å². The Labute approximate surface area is 170 Å². The number of amides is 1. The first-order valence-electron chi connectivity index (χ1n) is 9.73. The Bertz CT molecular complexity index is 962. The molecule has 0 bridgehead atoms. The van der Waals surface area contributed by atoms with Gasteiger partial charge in [0.25, 0.3) is 5.91 Å². The van der Waals surface area contributed by atoms with Gasteiger partial charge < -0.3 is 15.1 Å². The second-order valence-electron chi connectivity index (χ2n) is 7.27. The highest BCUT2D eigenvalue weighted by Gasteiger charge is 2.23. The van der Waals surface area contributed by atoms with Gasteiger partial charge in [0, 0.05) is 37.9 Å². The van der Waals surface area contributed by atoms with Crippen molar-refractivity contribution in [3.8, 4) is 0 Å². The molecule has 1 fully saturated rings. The van der Waals surface area contributed by atoms with E-state index in [0.717, 1.165) is 41.4 Å². The van der Waals surface area contributed by atoms with Crippen LogP contribution >= 0.6 is 0 Å². The molecule has 1 saturated heterocycles. The highest BCUT2D eigenvalue weighted by Crippen LogP contribution is 2.18. The Morgan fingerprint density at radius 1 is 0.828 bits per heavy atom. The van der Waals surface area contributed by atoms with E-state index in [9.17, 15) is 4.79 Å². The lowest BCUT2D eigenvalue weighted by atomic mass is 10.1. The molecule has 29 heavy (non-hydrogen) atoms. The van der Waals surface area contributed by atoms with Crippen molar-refractivity contribution in [3.05, 3.63) is 71.4 Å². The zero-order valence-electron chi connectivity index (χ0n) is 16.7. The van der Waals surface area contributed by atoms with Crippen LogP contribution in [0.1, 0.15) is 21.5 Å². The van der Waals surface area contributed by atoms with Gasteiger partial charge in [0.2, 0.25) is 0 Å². The van der Waals surface area contributed by atoms with Gasteiger partial charge in [0.15, 0.2) is 11.6 Å². The first kappa shape index (κ1) is 18.9. The number of carbonyl (C=O) groups is 1. The molecule has 0 saturated carbocycles. The summed E-state index contributed by atoms with van der Waals surface area (Å²) in [5, 5.41) is 11.7. The number of rotatable bonds is 4. The molecule has 1 aromatic carbocycles. The largest absolute Gasteiger partial charge is 0.352 e. The molecule has 7 heteroatoms. The molecule has 0 aliphatic carbocycles. The highest BCUT2D eigenvalue weighted by atomic mass is 16.2. The first-order chi connectivity index (χ1) is 14.1. The maximum absolute atomic E-state index is 12.7. The Hall–Kier alpha value is -3.48. The van der Waals surface area contributed by atoms with Crippen molar-refractivity contribution in [2.24, 2.45) is 0 Å². The van der Waals surface area contributed by atoms with Crippen molar-refractivity contribution in [2.75, 3.05) is 36.4 Å². The normalized spacial score (nSPS) is 14.0. The smallest absolute Gasteiger partial charge is 0.253 e. The van der Waals surface area contributed by atoms with Crippen molar-refractivity contribution in [2.45, 2.75) is 13.8 Å². The quantitative estimate of drug-likeness (QED) is 0.740. The molecule has 0 spiro atoms. The van der Waals surface area contributed by atoms with E-state index in [4.69, 9.17) is 0 Å². The molecule has 2 aromatic heterocycles. The van der Waals surface area contributed by atoms with Crippen LogP contribution < -0.4 is 10.2 Å². The van der Waals surface area contributed by atoms with Crippen LogP contribution in [0.15, 0.2) is 54.7 Å². The summed E-state index contributed by atoms with van der Waals surface area (Å²) in [5.74, 6) is 2.29. The van der Waals surface area contributed by atoms with Crippen LogP contribution in [0.3, 0.4) is 0 Å². The number of anilines is 3. The molecule has 1 aliphatic rings. The number of hydrogen-bond donors (Lipinski definition) is 1. The Kier molecular flexibility index (Phi) is 5.37. The Balaban J connectivity index is 1.34. The summed E-state index contributed by atoms with van der Waals surface area (Å²) in [5.41, 5.74) is 3.00. The molecule has 1 aliphatic heterocycles. The van der Waals surface area contributed by atoms with E-state index in [1.807, 2.05) is 73.5 Å². The van der Waals surface area contributed by atoms with Crippen molar-refractivity contribution >= 4 is 23.4 Å². The lowest BCUT2D eigenvalue weighted by molar-refractivity contribution is 0.0746. The molecule has 148 valence electrons. The van der Waals surface area contributed by atoms with Crippen molar-refractivity contribution < 1.29 is 4.79 Å². The third-order valence-electron chi connectivity index (χ3n) is 5.01. The van der Waals surface area contributed by atoms with E-state index < -0.39 is 0 Å². The molecule has 4 rings (SSSR count). The number of carbonyl (C=O) groups excluding carboxylic acids is 1. The van der Waals surface area contributed by atoms with Gasteiger partial charge in [-0.3, -0.25) is 4.79 Å². The average Bonchev–Trinajstić information content (AvgIpc) is 2.76. The number of aryl methyl sites for hydroxylation is 2. The molecule has 3 heterocycles. The SMILES string of the molecule is Cc1ccc(C(=O)N2CCN(c3ccc(Nc4ccc(C)cn4)nn3)CC2)cc1. The molecule has 1 N–H and O–H groups in total. The van der Waals surface area contributed by atoms with Crippen LogP contribution in [0.2, 0.25) is 0 Å². The number of pyridine rings is 1. The van der Waals surface area contributed by atoms with Gasteiger partial charge in [-0.25, -0.2) is 4.98 Å².